The molecule has 1 N–H and O–H groups in total. The summed E-state index contributed by atoms with van der Waals surface area (Å²) in [6, 6.07) is 8.36. The van der Waals surface area contributed by atoms with Gasteiger partial charge in [-0.2, -0.15) is 0 Å². The second-order valence-electron chi connectivity index (χ2n) is 7.97. The second kappa shape index (κ2) is 9.56. The fourth-order valence-corrected chi connectivity index (χ4v) is 4.30. The van der Waals surface area contributed by atoms with Crippen molar-refractivity contribution in [2.75, 3.05) is 32.1 Å². The molecular formula is C22H34N2O3. The van der Waals surface area contributed by atoms with Gasteiger partial charge in [0.1, 0.15) is 11.4 Å². The number of piperidine rings is 1. The monoisotopic (exact) mass is 374 g/mol. The number of hydrogen-bond acceptors (Lipinski definition) is 4. The lowest BCUT2D eigenvalue weighted by atomic mass is 10.0. The Labute approximate surface area is 163 Å². The standard InChI is InChI=1S/C22H34N2O3/c1-18-8-3-6-15-24(18)16-7-17-27-20-11-9-19(10-12-20)23-21(25)22(26-2)13-4-5-14-22/h9-12,18H,3-8,13-17H2,1-2H3,(H,23,25). The summed E-state index contributed by atoms with van der Waals surface area (Å²) in [5.41, 5.74) is 0.138. The molecule has 1 unspecified atom stereocenters. The van der Waals surface area contributed by atoms with Crippen LogP contribution in [0.2, 0.25) is 0 Å². The molecule has 1 heterocycles. The first-order valence-electron chi connectivity index (χ1n) is 10.5. The largest absolute Gasteiger partial charge is 0.494 e. The van der Waals surface area contributed by atoms with Gasteiger partial charge in [-0.1, -0.05) is 6.42 Å². The van der Waals surface area contributed by atoms with Crippen molar-refractivity contribution >= 4 is 11.6 Å². The van der Waals surface area contributed by atoms with E-state index in [1.54, 1.807) is 7.11 Å². The lowest BCUT2D eigenvalue weighted by Gasteiger charge is -2.33. The van der Waals surface area contributed by atoms with Gasteiger partial charge in [-0.25, -0.2) is 0 Å². The summed E-state index contributed by atoms with van der Waals surface area (Å²) in [4.78, 5) is 15.1. The van der Waals surface area contributed by atoms with E-state index in [4.69, 9.17) is 9.47 Å². The molecule has 1 atom stereocenters. The van der Waals surface area contributed by atoms with Crippen LogP contribution in [0.5, 0.6) is 5.75 Å². The minimum absolute atomic E-state index is 0.0354. The lowest BCUT2D eigenvalue weighted by molar-refractivity contribution is -0.136. The normalized spacial score (nSPS) is 22.5. The average molecular weight is 375 g/mol. The Kier molecular flexibility index (Phi) is 7.13. The maximum atomic E-state index is 12.6. The first-order chi connectivity index (χ1) is 13.1. The van der Waals surface area contributed by atoms with Gasteiger partial charge < -0.3 is 19.7 Å². The van der Waals surface area contributed by atoms with Crippen LogP contribution in [-0.4, -0.2) is 49.3 Å². The van der Waals surface area contributed by atoms with Gasteiger partial charge in [0.05, 0.1) is 6.61 Å². The van der Waals surface area contributed by atoms with E-state index in [2.05, 4.69) is 17.1 Å². The second-order valence-corrected chi connectivity index (χ2v) is 7.97. The number of rotatable bonds is 8. The van der Waals surface area contributed by atoms with Crippen molar-refractivity contribution in [3.05, 3.63) is 24.3 Å². The highest BCUT2D eigenvalue weighted by Crippen LogP contribution is 2.34. The highest BCUT2D eigenvalue weighted by Gasteiger charge is 2.41. The topological polar surface area (TPSA) is 50.8 Å². The van der Waals surface area contributed by atoms with Crippen LogP contribution in [0, 0.1) is 0 Å². The van der Waals surface area contributed by atoms with Crippen LogP contribution >= 0.6 is 0 Å². The third-order valence-electron chi connectivity index (χ3n) is 6.13. The number of hydrogen-bond donors (Lipinski definition) is 1. The fourth-order valence-electron chi connectivity index (χ4n) is 4.30. The first-order valence-corrected chi connectivity index (χ1v) is 10.5. The Morgan fingerprint density at radius 2 is 1.93 bits per heavy atom. The highest BCUT2D eigenvalue weighted by atomic mass is 16.5. The summed E-state index contributed by atoms with van der Waals surface area (Å²) in [6.45, 7) is 5.38. The zero-order valence-electron chi connectivity index (χ0n) is 16.8. The van der Waals surface area contributed by atoms with Gasteiger partial charge in [0.2, 0.25) is 0 Å². The van der Waals surface area contributed by atoms with Gasteiger partial charge in [0, 0.05) is 25.4 Å². The van der Waals surface area contributed by atoms with Crippen molar-refractivity contribution in [1.29, 1.82) is 0 Å². The van der Waals surface area contributed by atoms with Crippen molar-refractivity contribution in [2.45, 2.75) is 69.9 Å². The zero-order valence-corrected chi connectivity index (χ0v) is 16.8. The molecule has 5 heteroatoms. The van der Waals surface area contributed by atoms with Crippen molar-refractivity contribution in [1.82, 2.24) is 4.90 Å². The number of methoxy groups -OCH3 is 1. The number of carbonyl (C=O) groups excluding carboxylic acids is 1. The van der Waals surface area contributed by atoms with Gasteiger partial charge in [-0.05, 0) is 82.7 Å². The van der Waals surface area contributed by atoms with Gasteiger partial charge in [-0.15, -0.1) is 0 Å². The molecule has 1 saturated carbocycles. The van der Waals surface area contributed by atoms with Crippen molar-refractivity contribution < 1.29 is 14.3 Å². The molecule has 0 aromatic heterocycles. The van der Waals surface area contributed by atoms with Crippen LogP contribution in [0.4, 0.5) is 5.69 Å². The van der Waals surface area contributed by atoms with E-state index >= 15 is 0 Å². The van der Waals surface area contributed by atoms with Crippen molar-refractivity contribution in [3.8, 4) is 5.75 Å². The summed E-state index contributed by atoms with van der Waals surface area (Å²) in [5, 5.41) is 2.99. The number of carbonyl (C=O) groups is 1. The summed E-state index contributed by atoms with van der Waals surface area (Å²) >= 11 is 0. The SMILES string of the molecule is COC1(C(=O)Nc2ccc(OCCCN3CCCCC3C)cc2)CCCC1. The molecule has 1 amide bonds. The van der Waals surface area contributed by atoms with Crippen LogP contribution in [0.3, 0.4) is 0 Å². The highest BCUT2D eigenvalue weighted by molar-refractivity contribution is 5.97. The zero-order chi connectivity index (χ0) is 19.1. The van der Waals surface area contributed by atoms with Crippen LogP contribution in [0.1, 0.15) is 58.3 Å². The number of ether oxygens (including phenoxy) is 2. The molecule has 2 aliphatic rings. The summed E-state index contributed by atoms with van der Waals surface area (Å²) in [7, 11) is 1.63. The fraction of sp³-hybridized carbons (Fsp3) is 0.682. The first kappa shape index (κ1) is 20.2. The smallest absolute Gasteiger partial charge is 0.256 e. The molecule has 1 aromatic carbocycles. The van der Waals surface area contributed by atoms with Crippen molar-refractivity contribution in [3.63, 3.8) is 0 Å². The van der Waals surface area contributed by atoms with E-state index in [9.17, 15) is 4.79 Å². The molecule has 3 rings (SSSR count). The number of benzene rings is 1. The summed E-state index contributed by atoms with van der Waals surface area (Å²) < 4.78 is 11.4. The minimum Gasteiger partial charge on any atom is -0.494 e. The summed E-state index contributed by atoms with van der Waals surface area (Å²) in [5.74, 6) is 0.814. The number of amides is 1. The predicted molar refractivity (Wildman–Crippen MR) is 108 cm³/mol. The molecule has 150 valence electrons. The van der Waals surface area contributed by atoms with Crippen LogP contribution in [0.15, 0.2) is 24.3 Å². The number of nitrogens with zero attached hydrogens (tertiary/aromatic N) is 1. The molecule has 27 heavy (non-hydrogen) atoms. The average Bonchev–Trinajstić information content (AvgIpc) is 3.18. The summed E-state index contributed by atoms with van der Waals surface area (Å²) in [6.07, 6.45) is 8.73. The van der Waals surface area contributed by atoms with Crippen LogP contribution in [-0.2, 0) is 9.53 Å². The van der Waals surface area contributed by atoms with Gasteiger partial charge >= 0.3 is 0 Å². The van der Waals surface area contributed by atoms with E-state index in [1.807, 2.05) is 24.3 Å². The van der Waals surface area contributed by atoms with Gasteiger partial charge in [-0.3, -0.25) is 4.79 Å². The Morgan fingerprint density at radius 3 is 2.59 bits per heavy atom. The molecule has 0 bridgehead atoms. The molecule has 0 radical (unpaired) electrons. The maximum Gasteiger partial charge on any atom is 0.256 e. The van der Waals surface area contributed by atoms with Gasteiger partial charge in [0.25, 0.3) is 5.91 Å². The third kappa shape index (κ3) is 5.23. The Bertz CT molecular complexity index is 596. The maximum absolute atomic E-state index is 12.6. The predicted octanol–water partition coefficient (Wildman–Crippen LogP) is 4.23. The molecule has 0 spiro atoms. The molecule has 1 saturated heterocycles. The minimum atomic E-state index is -0.652. The molecule has 1 aromatic rings. The molecule has 1 aliphatic carbocycles. The Balaban J connectivity index is 1.41. The van der Waals surface area contributed by atoms with E-state index < -0.39 is 5.60 Å². The van der Waals surface area contributed by atoms with E-state index in [0.717, 1.165) is 56.7 Å². The molecule has 2 fully saturated rings. The number of nitrogens with one attached hydrogen (secondary N) is 1. The third-order valence-corrected chi connectivity index (χ3v) is 6.13. The van der Waals surface area contributed by atoms with Crippen LogP contribution in [0.25, 0.3) is 0 Å². The van der Waals surface area contributed by atoms with Crippen LogP contribution < -0.4 is 10.1 Å². The molecular weight excluding hydrogens is 340 g/mol. The van der Waals surface area contributed by atoms with Gasteiger partial charge in [0.15, 0.2) is 0 Å². The number of likely N-dealkylation sites (tertiary alicyclic amines) is 1. The molecule has 1 aliphatic heterocycles. The Hall–Kier alpha value is -1.59. The van der Waals surface area contributed by atoms with E-state index in [1.165, 1.54) is 25.8 Å². The quantitative estimate of drug-likeness (QED) is 0.692. The molecule has 5 nitrogen and oxygen atoms in total. The van der Waals surface area contributed by atoms with Crippen molar-refractivity contribution in [2.24, 2.45) is 0 Å². The Morgan fingerprint density at radius 1 is 1.19 bits per heavy atom. The van der Waals surface area contributed by atoms with E-state index in [0.29, 0.717) is 6.04 Å². The number of anilines is 1. The van der Waals surface area contributed by atoms with E-state index in [-0.39, 0.29) is 5.91 Å². The lowest BCUT2D eigenvalue weighted by Crippen LogP contribution is -2.42.